The lowest BCUT2D eigenvalue weighted by atomic mass is 10.1. The number of carbonyl (C=O) groups is 1. The molecule has 0 aliphatic carbocycles. The second kappa shape index (κ2) is 8.22. The Morgan fingerprint density at radius 1 is 1.09 bits per heavy atom. The number of fused-ring (bicyclic) bond motifs is 1. The van der Waals surface area contributed by atoms with E-state index in [4.69, 9.17) is 0 Å². The second-order valence-corrected chi connectivity index (χ2v) is 7.89. The molecule has 0 spiro atoms. The van der Waals surface area contributed by atoms with E-state index in [1.54, 1.807) is 42.6 Å². The van der Waals surface area contributed by atoms with Crippen LogP contribution in [0, 0.1) is 0 Å². The molecule has 172 valence electrons. The third kappa shape index (κ3) is 4.29. The van der Waals surface area contributed by atoms with Gasteiger partial charge in [-0.2, -0.15) is 23.4 Å². The fourth-order valence-corrected chi connectivity index (χ4v) is 3.74. The molecule has 0 unspecified atom stereocenters. The van der Waals surface area contributed by atoms with E-state index >= 15 is 0 Å². The molecule has 0 saturated heterocycles. The van der Waals surface area contributed by atoms with Crippen LogP contribution in [0.15, 0.2) is 73.3 Å². The Labute approximate surface area is 191 Å². The molecule has 0 bridgehead atoms. The lowest BCUT2D eigenvalue weighted by molar-refractivity contribution is -0.137. The number of aromatic amines is 1. The molecule has 7 nitrogen and oxygen atoms in total. The maximum atomic E-state index is 12.8. The predicted octanol–water partition coefficient (Wildman–Crippen LogP) is 4.95. The van der Waals surface area contributed by atoms with Crippen molar-refractivity contribution >= 4 is 22.5 Å². The summed E-state index contributed by atoms with van der Waals surface area (Å²) in [5, 5.41) is 12.3. The highest BCUT2D eigenvalue weighted by molar-refractivity contribution is 6.03. The number of hydrogen-bond acceptors (Lipinski definition) is 3. The maximum Gasteiger partial charge on any atom is 0.416 e. The standard InChI is InChI=1S/C24H19F3N6O/c1-32-9-8-18(31-32)11-23(34)30-22-13-28-21-7-2-15(10-20(21)22)16-12-29-33(14-16)19-5-3-17(4-6-19)24(25,26)27/h2-10,12-14,28H,11H2,1H3,(H,30,34). The van der Waals surface area contributed by atoms with E-state index in [1.165, 1.54) is 16.8 Å². The molecule has 0 atom stereocenters. The number of carbonyl (C=O) groups excluding carboxylic acids is 1. The first-order valence-corrected chi connectivity index (χ1v) is 10.4. The van der Waals surface area contributed by atoms with Crippen LogP contribution in [0.2, 0.25) is 0 Å². The molecule has 3 aromatic heterocycles. The number of nitrogens with one attached hydrogen (secondary N) is 2. The van der Waals surface area contributed by atoms with Gasteiger partial charge in [-0.25, -0.2) is 4.68 Å². The fourth-order valence-electron chi connectivity index (χ4n) is 3.74. The summed E-state index contributed by atoms with van der Waals surface area (Å²) in [6, 6.07) is 12.3. The van der Waals surface area contributed by atoms with Crippen molar-refractivity contribution in [2.24, 2.45) is 7.05 Å². The van der Waals surface area contributed by atoms with Crippen molar-refractivity contribution in [1.82, 2.24) is 24.5 Å². The number of anilines is 1. The minimum atomic E-state index is -4.38. The zero-order valence-electron chi connectivity index (χ0n) is 18.0. The number of halogens is 3. The SMILES string of the molecule is Cn1ccc(CC(=O)Nc2c[nH]c3ccc(-c4cnn(-c5ccc(C(F)(F)F)cc5)c4)cc23)n1. The number of aryl methyl sites for hydroxylation is 1. The minimum Gasteiger partial charge on any atom is -0.359 e. The number of nitrogens with zero attached hydrogens (tertiary/aromatic N) is 4. The smallest absolute Gasteiger partial charge is 0.359 e. The molecule has 1 amide bonds. The first kappa shape index (κ1) is 21.5. The number of amides is 1. The fraction of sp³-hybridized carbons (Fsp3) is 0.125. The highest BCUT2D eigenvalue weighted by Crippen LogP contribution is 2.31. The summed E-state index contributed by atoms with van der Waals surface area (Å²) in [6.45, 7) is 0. The predicted molar refractivity (Wildman–Crippen MR) is 121 cm³/mol. The van der Waals surface area contributed by atoms with Crippen molar-refractivity contribution in [2.75, 3.05) is 5.32 Å². The third-order valence-electron chi connectivity index (χ3n) is 5.44. The molecule has 0 aliphatic rings. The normalized spacial score (nSPS) is 11.8. The molecule has 0 radical (unpaired) electrons. The summed E-state index contributed by atoms with van der Waals surface area (Å²) in [6.07, 6.45) is 2.68. The molecule has 0 saturated carbocycles. The zero-order chi connectivity index (χ0) is 23.9. The molecule has 34 heavy (non-hydrogen) atoms. The highest BCUT2D eigenvalue weighted by atomic mass is 19.4. The molecule has 2 N–H and O–H groups in total. The van der Waals surface area contributed by atoms with Crippen LogP contribution in [0.5, 0.6) is 0 Å². The Morgan fingerprint density at radius 3 is 2.59 bits per heavy atom. The summed E-state index contributed by atoms with van der Waals surface area (Å²) >= 11 is 0. The summed E-state index contributed by atoms with van der Waals surface area (Å²) in [5.41, 5.74) is 3.62. The van der Waals surface area contributed by atoms with E-state index < -0.39 is 11.7 Å². The maximum absolute atomic E-state index is 12.8. The average Bonchev–Trinajstić information content (AvgIpc) is 3.54. The first-order valence-electron chi connectivity index (χ1n) is 10.4. The lowest BCUT2D eigenvalue weighted by Crippen LogP contribution is -2.14. The van der Waals surface area contributed by atoms with Gasteiger partial charge in [0, 0.05) is 42.1 Å². The minimum absolute atomic E-state index is 0.160. The summed E-state index contributed by atoms with van der Waals surface area (Å²) in [7, 11) is 1.79. The van der Waals surface area contributed by atoms with E-state index in [9.17, 15) is 18.0 Å². The van der Waals surface area contributed by atoms with E-state index in [1.807, 2.05) is 18.2 Å². The van der Waals surface area contributed by atoms with Crippen LogP contribution in [-0.2, 0) is 24.4 Å². The molecule has 10 heteroatoms. The van der Waals surface area contributed by atoms with Crippen molar-refractivity contribution in [1.29, 1.82) is 0 Å². The Hall–Kier alpha value is -4.34. The van der Waals surface area contributed by atoms with Crippen molar-refractivity contribution in [3.05, 3.63) is 84.6 Å². The van der Waals surface area contributed by atoms with Gasteiger partial charge in [-0.3, -0.25) is 9.48 Å². The Morgan fingerprint density at radius 2 is 1.88 bits per heavy atom. The van der Waals surface area contributed by atoms with Crippen LogP contribution in [0.25, 0.3) is 27.7 Å². The number of H-pyrrole nitrogens is 1. The molecule has 5 rings (SSSR count). The number of alkyl halides is 3. The third-order valence-corrected chi connectivity index (χ3v) is 5.44. The summed E-state index contributed by atoms with van der Waals surface area (Å²) < 4.78 is 41.6. The van der Waals surface area contributed by atoms with Crippen LogP contribution >= 0.6 is 0 Å². The number of aromatic nitrogens is 5. The Kier molecular flexibility index (Phi) is 5.20. The van der Waals surface area contributed by atoms with Crippen LogP contribution in [0.3, 0.4) is 0 Å². The highest BCUT2D eigenvalue weighted by Gasteiger charge is 2.30. The van der Waals surface area contributed by atoms with Gasteiger partial charge in [-0.15, -0.1) is 0 Å². The largest absolute Gasteiger partial charge is 0.416 e. The summed E-state index contributed by atoms with van der Waals surface area (Å²) in [5.74, 6) is -0.180. The van der Waals surface area contributed by atoms with Gasteiger partial charge in [-0.05, 0) is 48.0 Å². The quantitative estimate of drug-likeness (QED) is 0.386. The van der Waals surface area contributed by atoms with Gasteiger partial charge in [0.05, 0.1) is 35.2 Å². The van der Waals surface area contributed by atoms with Crippen LogP contribution in [-0.4, -0.2) is 30.5 Å². The van der Waals surface area contributed by atoms with Gasteiger partial charge in [0.25, 0.3) is 0 Å². The Balaban J connectivity index is 1.37. The molecule has 2 aromatic carbocycles. The van der Waals surface area contributed by atoms with Gasteiger partial charge >= 0.3 is 6.18 Å². The Bertz CT molecular complexity index is 1480. The topological polar surface area (TPSA) is 80.5 Å². The summed E-state index contributed by atoms with van der Waals surface area (Å²) in [4.78, 5) is 15.6. The van der Waals surface area contributed by atoms with E-state index in [0.717, 1.165) is 34.2 Å². The molecule has 5 aromatic rings. The molecule has 0 fully saturated rings. The molecular weight excluding hydrogens is 445 g/mol. The van der Waals surface area contributed by atoms with E-state index in [2.05, 4.69) is 20.5 Å². The first-order chi connectivity index (χ1) is 16.3. The zero-order valence-corrected chi connectivity index (χ0v) is 18.0. The van der Waals surface area contributed by atoms with Crippen LogP contribution < -0.4 is 5.32 Å². The number of rotatable bonds is 5. The number of hydrogen-bond donors (Lipinski definition) is 2. The van der Waals surface area contributed by atoms with Crippen molar-refractivity contribution in [3.63, 3.8) is 0 Å². The monoisotopic (exact) mass is 464 g/mol. The second-order valence-electron chi connectivity index (χ2n) is 7.89. The lowest BCUT2D eigenvalue weighted by Gasteiger charge is -2.07. The average molecular weight is 464 g/mol. The number of benzene rings is 2. The van der Waals surface area contributed by atoms with Crippen molar-refractivity contribution in [2.45, 2.75) is 12.6 Å². The van der Waals surface area contributed by atoms with Crippen LogP contribution in [0.1, 0.15) is 11.3 Å². The van der Waals surface area contributed by atoms with Gasteiger partial charge in [0.2, 0.25) is 5.91 Å². The van der Waals surface area contributed by atoms with Crippen LogP contribution in [0.4, 0.5) is 18.9 Å². The molecule has 3 heterocycles. The van der Waals surface area contributed by atoms with Gasteiger partial charge in [0.15, 0.2) is 0 Å². The van der Waals surface area contributed by atoms with Crippen molar-refractivity contribution in [3.8, 4) is 16.8 Å². The van der Waals surface area contributed by atoms with Gasteiger partial charge < -0.3 is 10.3 Å². The van der Waals surface area contributed by atoms with Gasteiger partial charge in [0.1, 0.15) is 0 Å². The van der Waals surface area contributed by atoms with Gasteiger partial charge in [-0.1, -0.05) is 6.07 Å². The van der Waals surface area contributed by atoms with Crippen molar-refractivity contribution < 1.29 is 18.0 Å². The molecular formula is C24H19F3N6O. The van der Waals surface area contributed by atoms with E-state index in [-0.39, 0.29) is 12.3 Å². The molecule has 0 aliphatic heterocycles. The van der Waals surface area contributed by atoms with E-state index in [0.29, 0.717) is 17.1 Å².